The van der Waals surface area contributed by atoms with Crippen molar-refractivity contribution in [2.45, 2.75) is 0 Å². The van der Waals surface area contributed by atoms with E-state index in [0.717, 1.165) is 62.3 Å². The van der Waals surface area contributed by atoms with Crippen LogP contribution in [0.2, 0.25) is 0 Å². The van der Waals surface area contributed by atoms with Crippen molar-refractivity contribution < 1.29 is 4.74 Å². The maximum atomic E-state index is 6.94. The molecule has 4 nitrogen and oxygen atoms in total. The second kappa shape index (κ2) is 13.4. The lowest BCUT2D eigenvalue weighted by atomic mass is 10.0. The lowest BCUT2D eigenvalue weighted by Crippen LogP contribution is -2.19. The molecule has 0 saturated carbocycles. The minimum absolute atomic E-state index is 0.796. The topological polar surface area (TPSA) is 20.6 Å². The molecule has 9 aromatic rings. The number of aromatic nitrogens is 1. The van der Waals surface area contributed by atoms with Crippen LogP contribution in [0.5, 0.6) is 11.5 Å². The maximum Gasteiger partial charge on any atom is 0.178 e. The van der Waals surface area contributed by atoms with Crippen molar-refractivity contribution in [1.82, 2.24) is 4.57 Å². The van der Waals surface area contributed by atoms with Crippen LogP contribution in [0.15, 0.2) is 212 Å². The van der Waals surface area contributed by atoms with Crippen LogP contribution in [-0.2, 0) is 0 Å². The quantitative estimate of drug-likeness (QED) is 0.166. The molecule has 0 amide bonds. The van der Waals surface area contributed by atoms with E-state index in [1.54, 1.807) is 0 Å². The van der Waals surface area contributed by atoms with E-state index in [4.69, 9.17) is 4.74 Å². The first-order valence-electron chi connectivity index (χ1n) is 18.3. The number of rotatable bonds is 7. The molecule has 0 unspecified atom stereocenters. The second-order valence-corrected chi connectivity index (χ2v) is 13.4. The summed E-state index contributed by atoms with van der Waals surface area (Å²) in [6, 6.07) is 74.9. The molecule has 8 aromatic carbocycles. The van der Waals surface area contributed by atoms with Gasteiger partial charge in [0.05, 0.1) is 11.2 Å². The minimum atomic E-state index is 0.796. The Kier molecular flexibility index (Phi) is 7.77. The monoisotopic (exact) mass is 693 g/mol. The van der Waals surface area contributed by atoms with Gasteiger partial charge in [0.25, 0.3) is 0 Å². The van der Waals surface area contributed by atoms with Gasteiger partial charge in [0.1, 0.15) is 0 Å². The van der Waals surface area contributed by atoms with Crippen molar-refractivity contribution >= 4 is 45.2 Å². The van der Waals surface area contributed by atoms with Crippen molar-refractivity contribution in [3.05, 3.63) is 212 Å². The van der Waals surface area contributed by atoms with Crippen LogP contribution in [0.4, 0.5) is 34.3 Å². The van der Waals surface area contributed by atoms with E-state index in [0.29, 0.717) is 0 Å². The van der Waals surface area contributed by atoms with Gasteiger partial charge >= 0.3 is 0 Å². The Morgan fingerprint density at radius 1 is 0.389 bits per heavy atom. The zero-order valence-electron chi connectivity index (χ0n) is 29.5. The third-order valence-electron chi connectivity index (χ3n) is 10.2. The molecule has 0 fully saturated rings. The molecule has 4 heteroatoms. The number of anilines is 6. The zero-order chi connectivity index (χ0) is 35.8. The first-order valence-corrected chi connectivity index (χ1v) is 18.3. The fourth-order valence-electron chi connectivity index (χ4n) is 7.62. The smallest absolute Gasteiger partial charge is 0.178 e. The number of hydrogen-bond acceptors (Lipinski definition) is 3. The van der Waals surface area contributed by atoms with Crippen molar-refractivity contribution in [2.75, 3.05) is 9.80 Å². The Bertz CT molecular complexity index is 2620. The first kappa shape index (κ1) is 31.4. The van der Waals surface area contributed by atoms with Crippen molar-refractivity contribution in [1.29, 1.82) is 0 Å². The van der Waals surface area contributed by atoms with Crippen LogP contribution in [-0.4, -0.2) is 4.57 Å². The van der Waals surface area contributed by atoms with Crippen LogP contribution in [0.1, 0.15) is 0 Å². The molecule has 10 rings (SSSR count). The van der Waals surface area contributed by atoms with Gasteiger partial charge < -0.3 is 9.64 Å². The predicted octanol–water partition coefficient (Wildman–Crippen LogP) is 14.0. The predicted molar refractivity (Wildman–Crippen MR) is 224 cm³/mol. The Labute approximate surface area is 315 Å². The summed E-state index contributed by atoms with van der Waals surface area (Å²) in [6.07, 6.45) is 0. The van der Waals surface area contributed by atoms with Crippen LogP contribution < -0.4 is 14.5 Å². The lowest BCUT2D eigenvalue weighted by Gasteiger charge is -2.34. The number of ether oxygens (including phenoxy) is 1. The molecule has 0 saturated heterocycles. The average molecular weight is 694 g/mol. The number of benzene rings is 8. The highest BCUT2D eigenvalue weighted by Crippen LogP contribution is 2.56. The van der Waals surface area contributed by atoms with Gasteiger partial charge in [-0.05, 0) is 101 Å². The van der Waals surface area contributed by atoms with E-state index in [1.165, 1.54) is 22.3 Å². The van der Waals surface area contributed by atoms with Gasteiger partial charge in [0, 0.05) is 33.8 Å². The first-order chi connectivity index (χ1) is 26.8. The molecular formula is C50H35N3O. The fraction of sp³-hybridized carbons (Fsp3) is 0. The van der Waals surface area contributed by atoms with Gasteiger partial charge in [-0.2, -0.15) is 0 Å². The molecular weight excluding hydrogens is 659 g/mol. The van der Waals surface area contributed by atoms with Crippen LogP contribution >= 0.6 is 0 Å². The molecule has 1 aliphatic heterocycles. The van der Waals surface area contributed by atoms with Gasteiger partial charge in [0.15, 0.2) is 17.3 Å². The number of hydrogen-bond donors (Lipinski definition) is 0. The van der Waals surface area contributed by atoms with Gasteiger partial charge in [-0.1, -0.05) is 133 Å². The molecule has 0 bridgehead atoms. The van der Waals surface area contributed by atoms with Crippen molar-refractivity contribution in [3.63, 3.8) is 0 Å². The molecule has 54 heavy (non-hydrogen) atoms. The zero-order valence-corrected chi connectivity index (χ0v) is 29.5. The van der Waals surface area contributed by atoms with Gasteiger partial charge in [-0.25, -0.2) is 0 Å². The fourth-order valence-corrected chi connectivity index (χ4v) is 7.62. The molecule has 0 aliphatic carbocycles. The molecule has 0 atom stereocenters. The molecule has 2 heterocycles. The highest BCUT2D eigenvalue weighted by Gasteiger charge is 2.33. The van der Waals surface area contributed by atoms with E-state index in [2.05, 4.69) is 227 Å². The van der Waals surface area contributed by atoms with Gasteiger partial charge in [-0.15, -0.1) is 0 Å². The summed E-state index contributed by atoms with van der Waals surface area (Å²) in [5.41, 5.74) is 12.0. The van der Waals surface area contributed by atoms with Crippen LogP contribution in [0, 0.1) is 0 Å². The SMILES string of the molecule is c1ccc(-c2ccc(N(c3ccc(-c4ccccc4)cc3)c3ccc4c(c3)N(c3ccccc3)c3c(c5ccccc5n3-c3ccccc3)O4)cc2)cc1. The third-order valence-corrected chi connectivity index (χ3v) is 10.2. The average Bonchev–Trinajstić information content (AvgIpc) is 3.58. The van der Waals surface area contributed by atoms with E-state index < -0.39 is 0 Å². The second-order valence-electron chi connectivity index (χ2n) is 13.4. The van der Waals surface area contributed by atoms with Gasteiger partial charge in [0.2, 0.25) is 0 Å². The van der Waals surface area contributed by atoms with Crippen LogP contribution in [0.25, 0.3) is 38.8 Å². The van der Waals surface area contributed by atoms with Crippen LogP contribution in [0.3, 0.4) is 0 Å². The molecule has 1 aromatic heterocycles. The highest BCUT2D eigenvalue weighted by atomic mass is 16.5. The van der Waals surface area contributed by atoms with E-state index in [-0.39, 0.29) is 0 Å². The summed E-state index contributed by atoms with van der Waals surface area (Å²) in [5.74, 6) is 2.59. The summed E-state index contributed by atoms with van der Waals surface area (Å²) in [4.78, 5) is 4.68. The third kappa shape index (κ3) is 5.49. The molecule has 1 aliphatic rings. The maximum absolute atomic E-state index is 6.94. The Hall–Kier alpha value is -7.30. The summed E-state index contributed by atoms with van der Waals surface area (Å²) in [5, 5.41) is 1.06. The van der Waals surface area contributed by atoms with E-state index in [9.17, 15) is 0 Å². The molecule has 0 radical (unpaired) electrons. The largest absolute Gasteiger partial charge is 0.451 e. The standard InChI is InChI=1S/C50H35N3O/c1-5-15-36(16-6-1)38-25-29-42(30-26-38)51(43-31-27-39(28-32-43)37-17-7-2-8-18-37)44-33-34-48-47(35-44)53(41-21-11-4-12-22-41)50-49(54-48)45-23-13-14-24-46(45)52(50)40-19-9-3-10-20-40/h1-35H. The van der Waals surface area contributed by atoms with E-state index in [1.807, 2.05) is 0 Å². The van der Waals surface area contributed by atoms with Gasteiger partial charge in [-0.3, -0.25) is 9.47 Å². The Morgan fingerprint density at radius 2 is 0.852 bits per heavy atom. The minimum Gasteiger partial charge on any atom is -0.451 e. The summed E-state index contributed by atoms with van der Waals surface area (Å²) in [7, 11) is 0. The summed E-state index contributed by atoms with van der Waals surface area (Å²) < 4.78 is 9.25. The Balaban J connectivity index is 1.16. The van der Waals surface area contributed by atoms with Crippen molar-refractivity contribution in [2.24, 2.45) is 0 Å². The summed E-state index contributed by atoms with van der Waals surface area (Å²) >= 11 is 0. The molecule has 0 spiro atoms. The van der Waals surface area contributed by atoms with Crippen molar-refractivity contribution in [3.8, 4) is 39.4 Å². The number of para-hydroxylation sites is 3. The number of nitrogens with zero attached hydrogens (tertiary/aromatic N) is 3. The normalized spacial score (nSPS) is 11.8. The number of fused-ring (bicyclic) bond motifs is 4. The lowest BCUT2D eigenvalue weighted by molar-refractivity contribution is 0.481. The highest BCUT2D eigenvalue weighted by molar-refractivity contribution is 6.01. The molecule has 256 valence electrons. The Morgan fingerprint density at radius 3 is 1.43 bits per heavy atom. The molecule has 0 N–H and O–H groups in total. The van der Waals surface area contributed by atoms with E-state index >= 15 is 0 Å². The summed E-state index contributed by atoms with van der Waals surface area (Å²) in [6.45, 7) is 0.